The standard InChI is InChI=1S/C8H13NO4/c1-7(10)13-6-4-5-8(11)9(2)12-3/h4-5H,6H2,1-3H3/b5-4+. The Balaban J connectivity index is 3.72. The van der Waals surface area contributed by atoms with Crippen molar-refractivity contribution in [1.82, 2.24) is 5.06 Å². The summed E-state index contributed by atoms with van der Waals surface area (Å²) in [5.74, 6) is -0.688. The summed E-state index contributed by atoms with van der Waals surface area (Å²) in [5.41, 5.74) is 0. The molecule has 0 radical (unpaired) electrons. The molecular formula is C8H13NO4. The van der Waals surface area contributed by atoms with Gasteiger partial charge in [-0.15, -0.1) is 0 Å². The summed E-state index contributed by atoms with van der Waals surface area (Å²) < 4.78 is 4.57. The molecule has 0 fully saturated rings. The van der Waals surface area contributed by atoms with Crippen LogP contribution in [0.1, 0.15) is 6.92 Å². The molecule has 5 heteroatoms. The largest absolute Gasteiger partial charge is 0.462 e. The average molecular weight is 187 g/mol. The molecule has 0 rings (SSSR count). The molecule has 0 N–H and O–H groups in total. The first-order valence-corrected chi connectivity index (χ1v) is 3.69. The Morgan fingerprint density at radius 3 is 2.54 bits per heavy atom. The van der Waals surface area contributed by atoms with Crippen LogP contribution in [0.25, 0.3) is 0 Å². The van der Waals surface area contributed by atoms with Gasteiger partial charge in [0.15, 0.2) is 0 Å². The van der Waals surface area contributed by atoms with E-state index in [1.165, 1.54) is 33.2 Å². The van der Waals surface area contributed by atoms with Crippen LogP contribution in [0.15, 0.2) is 12.2 Å². The maximum absolute atomic E-state index is 11.0. The van der Waals surface area contributed by atoms with Crippen molar-refractivity contribution < 1.29 is 19.2 Å². The predicted molar refractivity (Wildman–Crippen MR) is 45.6 cm³/mol. The highest BCUT2D eigenvalue weighted by molar-refractivity contribution is 5.86. The van der Waals surface area contributed by atoms with Gasteiger partial charge in [-0.3, -0.25) is 14.4 Å². The van der Waals surface area contributed by atoms with Crippen LogP contribution in [0.3, 0.4) is 0 Å². The molecule has 13 heavy (non-hydrogen) atoms. The fourth-order valence-electron chi connectivity index (χ4n) is 0.509. The Bertz CT molecular complexity index is 212. The third-order valence-electron chi connectivity index (χ3n) is 1.23. The number of carbonyl (C=O) groups is 2. The third kappa shape index (κ3) is 5.86. The molecule has 0 aliphatic heterocycles. The Labute approximate surface area is 76.9 Å². The first kappa shape index (κ1) is 11.6. The molecule has 0 atom stereocenters. The topological polar surface area (TPSA) is 55.8 Å². The first-order chi connectivity index (χ1) is 6.07. The van der Waals surface area contributed by atoms with Gasteiger partial charge in [0.05, 0.1) is 7.11 Å². The molecule has 5 nitrogen and oxygen atoms in total. The van der Waals surface area contributed by atoms with E-state index >= 15 is 0 Å². The second-order valence-corrected chi connectivity index (χ2v) is 2.22. The van der Waals surface area contributed by atoms with Crippen molar-refractivity contribution in [3.05, 3.63) is 12.2 Å². The second kappa shape index (κ2) is 6.19. The summed E-state index contributed by atoms with van der Waals surface area (Å²) in [6.07, 6.45) is 2.71. The molecule has 0 aromatic carbocycles. The van der Waals surface area contributed by atoms with Crippen LogP contribution in [0.2, 0.25) is 0 Å². The zero-order valence-electron chi connectivity index (χ0n) is 7.94. The van der Waals surface area contributed by atoms with E-state index < -0.39 is 0 Å². The van der Waals surface area contributed by atoms with Crippen LogP contribution in [0.5, 0.6) is 0 Å². The number of hydrogen-bond acceptors (Lipinski definition) is 4. The van der Waals surface area contributed by atoms with Crippen molar-refractivity contribution in [1.29, 1.82) is 0 Å². The van der Waals surface area contributed by atoms with Crippen molar-refractivity contribution in [2.45, 2.75) is 6.92 Å². The maximum atomic E-state index is 11.0. The number of hydroxylamine groups is 2. The highest BCUT2D eigenvalue weighted by Gasteiger charge is 2.01. The Hall–Kier alpha value is -1.36. The first-order valence-electron chi connectivity index (χ1n) is 3.69. The monoisotopic (exact) mass is 187 g/mol. The number of nitrogens with zero attached hydrogens (tertiary/aromatic N) is 1. The summed E-state index contributed by atoms with van der Waals surface area (Å²) in [7, 11) is 2.87. The van der Waals surface area contributed by atoms with Gasteiger partial charge in [-0.2, -0.15) is 0 Å². The summed E-state index contributed by atoms with van der Waals surface area (Å²) in [6.45, 7) is 1.40. The van der Waals surface area contributed by atoms with Crippen LogP contribution in [0, 0.1) is 0 Å². The molecule has 0 spiro atoms. The van der Waals surface area contributed by atoms with Gasteiger partial charge >= 0.3 is 5.97 Å². The lowest BCUT2D eigenvalue weighted by Gasteiger charge is -2.09. The van der Waals surface area contributed by atoms with Crippen molar-refractivity contribution in [3.8, 4) is 0 Å². The van der Waals surface area contributed by atoms with E-state index in [4.69, 9.17) is 0 Å². The van der Waals surface area contributed by atoms with Gasteiger partial charge in [0.2, 0.25) is 0 Å². The van der Waals surface area contributed by atoms with E-state index in [0.29, 0.717) is 0 Å². The second-order valence-electron chi connectivity index (χ2n) is 2.22. The molecule has 0 bridgehead atoms. The van der Waals surface area contributed by atoms with Crippen LogP contribution < -0.4 is 0 Å². The molecule has 0 aromatic rings. The van der Waals surface area contributed by atoms with Crippen LogP contribution in [-0.2, 0) is 19.2 Å². The number of likely N-dealkylation sites (N-methyl/N-ethyl adjacent to an activating group) is 1. The zero-order chi connectivity index (χ0) is 10.3. The number of rotatable bonds is 4. The van der Waals surface area contributed by atoms with Gasteiger partial charge in [0, 0.05) is 20.0 Å². The van der Waals surface area contributed by atoms with E-state index in [9.17, 15) is 9.59 Å². The van der Waals surface area contributed by atoms with E-state index in [1.807, 2.05) is 0 Å². The predicted octanol–water partition coefficient (Wildman–Crippen LogP) is 0.125. The normalized spacial score (nSPS) is 10.1. The number of hydrogen-bond donors (Lipinski definition) is 0. The van der Waals surface area contributed by atoms with Crippen LogP contribution in [-0.4, -0.2) is 37.7 Å². The Morgan fingerprint density at radius 2 is 2.08 bits per heavy atom. The molecule has 74 valence electrons. The van der Waals surface area contributed by atoms with E-state index in [1.54, 1.807) is 0 Å². The van der Waals surface area contributed by atoms with Crippen molar-refractivity contribution in [2.24, 2.45) is 0 Å². The molecular weight excluding hydrogens is 174 g/mol. The fourth-order valence-corrected chi connectivity index (χ4v) is 0.509. The zero-order valence-corrected chi connectivity index (χ0v) is 7.94. The van der Waals surface area contributed by atoms with E-state index in [0.717, 1.165) is 5.06 Å². The molecule has 0 aliphatic carbocycles. The SMILES string of the molecule is CON(C)C(=O)/C=C/COC(C)=O. The fraction of sp³-hybridized carbons (Fsp3) is 0.500. The molecule has 0 aromatic heterocycles. The highest BCUT2D eigenvalue weighted by atomic mass is 16.7. The molecule has 0 unspecified atom stereocenters. The smallest absolute Gasteiger partial charge is 0.302 e. The van der Waals surface area contributed by atoms with E-state index in [-0.39, 0.29) is 18.5 Å². The highest BCUT2D eigenvalue weighted by Crippen LogP contribution is 1.87. The van der Waals surface area contributed by atoms with Gasteiger partial charge in [-0.25, -0.2) is 5.06 Å². The number of ether oxygens (including phenoxy) is 1. The lowest BCUT2D eigenvalue weighted by atomic mass is 10.5. The molecule has 0 aliphatic rings. The van der Waals surface area contributed by atoms with Gasteiger partial charge in [0.1, 0.15) is 6.61 Å². The average Bonchev–Trinajstić information content (AvgIpc) is 2.10. The molecule has 0 saturated heterocycles. The van der Waals surface area contributed by atoms with Crippen LogP contribution >= 0.6 is 0 Å². The molecule has 0 heterocycles. The number of amides is 1. The molecule has 1 amide bonds. The minimum Gasteiger partial charge on any atom is -0.462 e. The number of esters is 1. The summed E-state index contributed by atoms with van der Waals surface area (Å²) in [4.78, 5) is 25.9. The van der Waals surface area contributed by atoms with E-state index in [2.05, 4.69) is 9.57 Å². The number of carbonyl (C=O) groups excluding carboxylic acids is 2. The minimum atomic E-state index is -0.378. The maximum Gasteiger partial charge on any atom is 0.302 e. The van der Waals surface area contributed by atoms with Crippen molar-refractivity contribution in [3.63, 3.8) is 0 Å². The van der Waals surface area contributed by atoms with Gasteiger partial charge in [-0.1, -0.05) is 0 Å². The van der Waals surface area contributed by atoms with Crippen molar-refractivity contribution in [2.75, 3.05) is 20.8 Å². The third-order valence-corrected chi connectivity index (χ3v) is 1.23. The summed E-state index contributed by atoms with van der Waals surface area (Å²) in [5, 5.41) is 1.06. The Kier molecular flexibility index (Phi) is 5.54. The van der Waals surface area contributed by atoms with Crippen molar-refractivity contribution >= 4 is 11.9 Å². The summed E-state index contributed by atoms with van der Waals surface area (Å²) >= 11 is 0. The van der Waals surface area contributed by atoms with Crippen LogP contribution in [0.4, 0.5) is 0 Å². The lowest BCUT2D eigenvalue weighted by molar-refractivity contribution is -0.162. The van der Waals surface area contributed by atoms with Gasteiger partial charge in [0.25, 0.3) is 5.91 Å². The lowest BCUT2D eigenvalue weighted by Crippen LogP contribution is -2.23. The van der Waals surface area contributed by atoms with Gasteiger partial charge in [-0.05, 0) is 6.08 Å². The quantitative estimate of drug-likeness (QED) is 0.356. The Morgan fingerprint density at radius 1 is 1.46 bits per heavy atom. The molecule has 0 saturated carbocycles. The van der Waals surface area contributed by atoms with Gasteiger partial charge < -0.3 is 4.74 Å². The minimum absolute atomic E-state index is 0.0959. The summed E-state index contributed by atoms with van der Waals surface area (Å²) in [6, 6.07) is 0.